The maximum absolute atomic E-state index is 15.2. The first kappa shape index (κ1) is 28.1. The van der Waals surface area contributed by atoms with Crippen LogP contribution in [0.2, 0.25) is 0 Å². The Morgan fingerprint density at radius 3 is 2.65 bits per heavy atom. The summed E-state index contributed by atoms with van der Waals surface area (Å²) in [5.41, 5.74) is -0.0146. The number of aryl methyl sites for hydroxylation is 1. The molecule has 4 heterocycles. The molecule has 14 heteroatoms. The number of thioether (sulfide) groups is 1. The summed E-state index contributed by atoms with van der Waals surface area (Å²) in [4.78, 5) is 43.3. The van der Waals surface area contributed by atoms with Gasteiger partial charge in [0.25, 0.3) is 0 Å². The van der Waals surface area contributed by atoms with Gasteiger partial charge in [-0.15, -0.1) is 0 Å². The van der Waals surface area contributed by atoms with Crippen LogP contribution in [-0.2, 0) is 6.54 Å². The average Bonchev–Trinajstić information content (AvgIpc) is 3.26. The van der Waals surface area contributed by atoms with E-state index in [0.29, 0.717) is 41.6 Å². The number of anilines is 1. The van der Waals surface area contributed by atoms with Gasteiger partial charge in [-0.05, 0) is 49.8 Å². The Kier molecular flexibility index (Phi) is 7.84. The van der Waals surface area contributed by atoms with E-state index in [4.69, 9.17) is 0 Å². The largest absolute Gasteiger partial charge is 0.477 e. The summed E-state index contributed by atoms with van der Waals surface area (Å²) in [5.74, 6) is -1.48. The van der Waals surface area contributed by atoms with Crippen LogP contribution >= 0.6 is 11.8 Å². The van der Waals surface area contributed by atoms with Crippen molar-refractivity contribution in [2.45, 2.75) is 56.2 Å². The van der Waals surface area contributed by atoms with E-state index in [1.165, 1.54) is 28.6 Å². The number of carboxylic acid groups (broad SMARTS) is 1. The number of aliphatic hydroxyl groups is 1. The lowest BCUT2D eigenvalue weighted by Gasteiger charge is -2.37. The number of nitro groups is 1. The maximum Gasteiger partial charge on any atom is 0.342 e. The minimum Gasteiger partial charge on any atom is -0.477 e. The number of aliphatic hydroxyl groups excluding tert-OH is 1. The Balaban J connectivity index is 1.16. The van der Waals surface area contributed by atoms with Crippen molar-refractivity contribution >= 4 is 40.1 Å². The quantitative estimate of drug-likeness (QED) is 0.210. The number of hydrogen-bond donors (Lipinski definition) is 2. The van der Waals surface area contributed by atoms with Crippen molar-refractivity contribution in [3.8, 4) is 0 Å². The van der Waals surface area contributed by atoms with Gasteiger partial charge < -0.3 is 29.8 Å². The van der Waals surface area contributed by atoms with Gasteiger partial charge in [0.2, 0.25) is 5.43 Å². The molecule has 0 radical (unpaired) electrons. The number of nitrogens with zero attached hydrogens (tertiary/aromatic N) is 6. The van der Waals surface area contributed by atoms with Crippen LogP contribution in [-0.4, -0.2) is 79.0 Å². The van der Waals surface area contributed by atoms with Crippen LogP contribution in [0, 0.1) is 22.9 Å². The molecule has 0 spiro atoms. The van der Waals surface area contributed by atoms with Crippen LogP contribution in [0.15, 0.2) is 28.2 Å². The van der Waals surface area contributed by atoms with Gasteiger partial charge in [0.15, 0.2) is 5.82 Å². The van der Waals surface area contributed by atoms with Gasteiger partial charge in [-0.25, -0.2) is 18.7 Å². The van der Waals surface area contributed by atoms with Crippen LogP contribution in [0.3, 0.4) is 0 Å². The number of unbranched alkanes of at least 4 members (excludes halogenated alkanes) is 1. The molecule has 2 aromatic heterocycles. The lowest BCUT2D eigenvalue weighted by atomic mass is 10.1. The van der Waals surface area contributed by atoms with Gasteiger partial charge in [-0.2, -0.15) is 0 Å². The van der Waals surface area contributed by atoms with E-state index in [1.54, 1.807) is 17.6 Å². The fraction of sp³-hybridized carbons (Fsp3) is 0.500. The fourth-order valence-corrected chi connectivity index (χ4v) is 6.68. The zero-order valence-electron chi connectivity index (χ0n) is 22.2. The van der Waals surface area contributed by atoms with Gasteiger partial charge in [0.05, 0.1) is 27.7 Å². The molecule has 1 saturated heterocycles. The third-order valence-electron chi connectivity index (χ3n) is 7.68. The molecule has 12 nitrogen and oxygen atoms in total. The summed E-state index contributed by atoms with van der Waals surface area (Å²) < 4.78 is 18.4. The molecule has 2 unspecified atom stereocenters. The average molecular weight is 575 g/mol. The van der Waals surface area contributed by atoms with Crippen LogP contribution in [0.5, 0.6) is 0 Å². The second-order valence-corrected chi connectivity index (χ2v) is 11.5. The molecule has 40 heavy (non-hydrogen) atoms. The van der Waals surface area contributed by atoms with Crippen molar-refractivity contribution in [1.82, 2.24) is 19.0 Å². The summed E-state index contributed by atoms with van der Waals surface area (Å²) in [7, 11) is 0. The first-order valence-corrected chi connectivity index (χ1v) is 14.1. The first-order valence-electron chi connectivity index (χ1n) is 13.2. The van der Waals surface area contributed by atoms with E-state index in [2.05, 4.69) is 9.88 Å². The molecule has 214 valence electrons. The van der Waals surface area contributed by atoms with Crippen molar-refractivity contribution in [3.63, 3.8) is 0 Å². The van der Waals surface area contributed by atoms with Crippen LogP contribution < -0.4 is 10.3 Å². The molecule has 5 rings (SSSR count). The van der Waals surface area contributed by atoms with Gasteiger partial charge in [0.1, 0.15) is 24.1 Å². The number of benzene rings is 1. The standard InChI is InChI=1S/C26H31FN6O6S/c1-15-28-13-22(33(38)39)31(15)14-17(34)5-3-4-6-29-7-9-30(10-8-29)21-12-20-18(11-19(21)27)24(35)23(26(36)37)25-32(20)16(2)40-25/h11-13,16-17,34H,3-10,14H2,1-2H3,(H,36,37). The predicted octanol–water partition coefficient (Wildman–Crippen LogP) is 3.23. The van der Waals surface area contributed by atoms with Crippen molar-refractivity contribution in [2.75, 3.05) is 37.6 Å². The number of halogens is 1. The van der Waals surface area contributed by atoms with Gasteiger partial charge in [0, 0.05) is 38.5 Å². The Bertz CT molecular complexity index is 1530. The first-order chi connectivity index (χ1) is 19.1. The Morgan fingerprint density at radius 1 is 1.27 bits per heavy atom. The van der Waals surface area contributed by atoms with E-state index >= 15 is 4.39 Å². The molecular formula is C26H31FN6O6S. The number of rotatable bonds is 10. The van der Waals surface area contributed by atoms with Crippen LogP contribution in [0.4, 0.5) is 15.9 Å². The molecule has 0 amide bonds. The minimum absolute atomic E-state index is 0.0519. The lowest BCUT2D eigenvalue weighted by molar-refractivity contribution is -0.392. The Labute approximate surface area is 233 Å². The molecule has 2 N–H and O–H groups in total. The molecule has 0 saturated carbocycles. The zero-order chi connectivity index (χ0) is 28.7. The second kappa shape index (κ2) is 11.2. The smallest absolute Gasteiger partial charge is 0.342 e. The number of piperazine rings is 1. The van der Waals surface area contributed by atoms with Gasteiger partial charge in [-0.3, -0.25) is 9.69 Å². The van der Waals surface area contributed by atoms with Crippen molar-refractivity contribution in [1.29, 1.82) is 0 Å². The maximum atomic E-state index is 15.2. The molecule has 1 fully saturated rings. The number of pyridine rings is 1. The summed E-state index contributed by atoms with van der Waals surface area (Å²) in [6.07, 6.45) is 2.61. The normalized spacial score (nSPS) is 18.0. The SMILES string of the molecule is Cc1ncc([N+](=O)[O-])n1CC(O)CCCCN1CCN(c2cc3c(cc2F)c(=O)c(C(=O)O)c2n3C(C)S2)CC1. The summed E-state index contributed by atoms with van der Waals surface area (Å²) in [6, 6.07) is 2.83. The molecule has 2 aliphatic heterocycles. The number of fused-ring (bicyclic) bond motifs is 3. The number of aromatic carboxylic acids is 1. The highest BCUT2D eigenvalue weighted by molar-refractivity contribution is 8.00. The lowest BCUT2D eigenvalue weighted by Crippen LogP contribution is -2.47. The van der Waals surface area contributed by atoms with Crippen LogP contribution in [0.1, 0.15) is 47.7 Å². The van der Waals surface area contributed by atoms with Gasteiger partial charge >= 0.3 is 11.8 Å². The Morgan fingerprint density at radius 2 is 2.00 bits per heavy atom. The predicted molar refractivity (Wildman–Crippen MR) is 148 cm³/mol. The molecule has 1 aromatic carbocycles. The van der Waals surface area contributed by atoms with E-state index in [1.807, 2.05) is 11.8 Å². The second-order valence-electron chi connectivity index (χ2n) is 10.2. The molecule has 2 aliphatic rings. The number of imidazole rings is 1. The number of aromatic nitrogens is 3. The number of carbonyl (C=O) groups is 1. The fourth-order valence-electron chi connectivity index (χ4n) is 5.52. The minimum atomic E-state index is -1.30. The highest BCUT2D eigenvalue weighted by Gasteiger charge is 2.33. The molecule has 3 aromatic rings. The molecule has 2 atom stereocenters. The van der Waals surface area contributed by atoms with E-state index in [9.17, 15) is 29.9 Å². The van der Waals surface area contributed by atoms with E-state index < -0.39 is 28.2 Å². The number of hydrogen-bond acceptors (Lipinski definition) is 9. The summed E-state index contributed by atoms with van der Waals surface area (Å²) >= 11 is 1.32. The third kappa shape index (κ3) is 5.18. The zero-order valence-corrected chi connectivity index (χ0v) is 23.1. The molecular weight excluding hydrogens is 543 g/mol. The highest BCUT2D eigenvalue weighted by atomic mass is 32.2. The third-order valence-corrected chi connectivity index (χ3v) is 8.85. The molecule has 0 aliphatic carbocycles. The van der Waals surface area contributed by atoms with E-state index in [0.717, 1.165) is 32.5 Å². The van der Waals surface area contributed by atoms with Crippen molar-refractivity contribution < 1.29 is 24.3 Å². The summed E-state index contributed by atoms with van der Waals surface area (Å²) in [5, 5.41) is 31.5. The molecule has 0 bridgehead atoms. The monoisotopic (exact) mass is 574 g/mol. The highest BCUT2D eigenvalue weighted by Crippen LogP contribution is 2.46. The van der Waals surface area contributed by atoms with Gasteiger partial charge in [-0.1, -0.05) is 11.8 Å². The van der Waals surface area contributed by atoms with Crippen molar-refractivity contribution in [3.05, 3.63) is 55.9 Å². The van der Waals surface area contributed by atoms with Crippen molar-refractivity contribution in [2.24, 2.45) is 0 Å². The van der Waals surface area contributed by atoms with E-state index in [-0.39, 0.29) is 28.7 Å². The van der Waals surface area contributed by atoms with Crippen LogP contribution in [0.25, 0.3) is 10.9 Å². The Hall–Kier alpha value is -3.49. The number of carboxylic acids is 1. The summed E-state index contributed by atoms with van der Waals surface area (Å²) in [6.45, 7) is 7.18. The topological polar surface area (TPSA) is 147 Å².